The molecule has 3 heterocycles. The van der Waals surface area contributed by atoms with E-state index in [1.807, 2.05) is 84.9 Å². The lowest BCUT2D eigenvalue weighted by atomic mass is 9.97. The SMILES string of the molecule is Nc1c(C(=O)[N-]c2c[n+](-c3ccccc3)no2)sc2nc(-c3cccc4ccccc34)cc(-c3cccc(F)c3)c12. The summed E-state index contributed by atoms with van der Waals surface area (Å²) in [5.41, 5.74) is 10.5. The van der Waals surface area contributed by atoms with Crippen molar-refractivity contribution in [3.8, 4) is 28.1 Å². The maximum absolute atomic E-state index is 14.4. The van der Waals surface area contributed by atoms with Crippen molar-refractivity contribution in [2.24, 2.45) is 0 Å². The molecule has 7 aromatic rings. The Balaban J connectivity index is 1.35. The number of rotatable bonds is 5. The third kappa shape index (κ3) is 4.48. The molecule has 0 spiro atoms. The number of nitrogen functional groups attached to an aromatic ring is 1. The monoisotopic (exact) mass is 557 g/mol. The third-order valence-electron chi connectivity index (χ3n) is 6.78. The highest BCUT2D eigenvalue weighted by atomic mass is 32.1. The number of aromatic nitrogens is 3. The van der Waals surface area contributed by atoms with Gasteiger partial charge in [-0.2, -0.15) is 0 Å². The quantitative estimate of drug-likeness (QED) is 0.220. The van der Waals surface area contributed by atoms with E-state index in [1.54, 1.807) is 6.07 Å². The van der Waals surface area contributed by atoms with E-state index < -0.39 is 5.91 Å². The number of carbonyl (C=O) groups is 1. The van der Waals surface area contributed by atoms with Gasteiger partial charge in [-0.15, -0.1) is 11.3 Å². The molecule has 0 radical (unpaired) electrons. The topological polar surface area (TPSA) is 100.0 Å². The van der Waals surface area contributed by atoms with E-state index in [2.05, 4.69) is 10.6 Å². The number of hydrogen-bond acceptors (Lipinski definition) is 6. The Bertz CT molecular complexity index is 2080. The lowest BCUT2D eigenvalue weighted by Crippen LogP contribution is -2.30. The summed E-state index contributed by atoms with van der Waals surface area (Å²) < 4.78 is 21.1. The van der Waals surface area contributed by atoms with Crippen molar-refractivity contribution < 1.29 is 18.4 Å². The molecule has 2 N–H and O–H groups in total. The Kier molecular flexibility index (Phi) is 5.98. The van der Waals surface area contributed by atoms with Crippen molar-refractivity contribution in [1.29, 1.82) is 0 Å². The van der Waals surface area contributed by atoms with Crippen molar-refractivity contribution in [2.75, 3.05) is 5.73 Å². The fourth-order valence-electron chi connectivity index (χ4n) is 4.89. The Morgan fingerprint density at radius 2 is 1.68 bits per heavy atom. The highest BCUT2D eigenvalue weighted by molar-refractivity contribution is 7.21. The molecule has 0 aliphatic rings. The van der Waals surface area contributed by atoms with Gasteiger partial charge in [0.25, 0.3) is 0 Å². The van der Waals surface area contributed by atoms with Gasteiger partial charge in [-0.1, -0.05) is 72.8 Å². The smallest absolute Gasteiger partial charge is 0.241 e. The van der Waals surface area contributed by atoms with Crippen LogP contribution in [0.25, 0.3) is 54.4 Å². The van der Waals surface area contributed by atoms with Crippen LogP contribution >= 0.6 is 11.3 Å². The molecule has 1 amide bonds. The largest absolute Gasteiger partial charge is 0.583 e. The van der Waals surface area contributed by atoms with Gasteiger partial charge < -0.3 is 20.4 Å². The van der Waals surface area contributed by atoms with Gasteiger partial charge in [-0.3, -0.25) is 0 Å². The van der Waals surface area contributed by atoms with Gasteiger partial charge in [0.2, 0.25) is 17.2 Å². The summed E-state index contributed by atoms with van der Waals surface area (Å²) in [6, 6.07) is 31.6. The highest BCUT2D eigenvalue weighted by Gasteiger charge is 2.21. The van der Waals surface area contributed by atoms with Crippen LogP contribution in [0.4, 0.5) is 16.0 Å². The van der Waals surface area contributed by atoms with Crippen molar-refractivity contribution >= 4 is 49.8 Å². The molecule has 0 atom stereocenters. The minimum atomic E-state index is -0.584. The molecule has 198 valence electrons. The number of amides is 1. The van der Waals surface area contributed by atoms with Gasteiger partial charge in [-0.25, -0.2) is 9.37 Å². The number of thiophene rings is 1. The first-order valence-electron chi connectivity index (χ1n) is 12.7. The molecule has 0 fully saturated rings. The second-order valence-electron chi connectivity index (χ2n) is 9.35. The van der Waals surface area contributed by atoms with E-state index in [0.29, 0.717) is 27.0 Å². The summed E-state index contributed by atoms with van der Waals surface area (Å²) >= 11 is 1.14. The Labute approximate surface area is 237 Å². The molecule has 0 saturated heterocycles. The number of nitrogens with two attached hydrogens (primary N) is 1. The van der Waals surface area contributed by atoms with E-state index in [-0.39, 0.29) is 22.3 Å². The van der Waals surface area contributed by atoms with Gasteiger partial charge >= 0.3 is 0 Å². The van der Waals surface area contributed by atoms with Crippen LogP contribution in [0.2, 0.25) is 0 Å². The summed E-state index contributed by atoms with van der Waals surface area (Å²) in [5.74, 6) is -0.930. The molecule has 3 aromatic heterocycles. The average Bonchev–Trinajstić information content (AvgIpc) is 3.61. The maximum Gasteiger partial charge on any atom is 0.241 e. The average molecular weight is 558 g/mol. The highest BCUT2D eigenvalue weighted by Crippen LogP contribution is 2.43. The molecular formula is C32H20FN5O2S. The molecule has 7 rings (SSSR count). The standard InChI is InChI=1S/C32H20FN5O2S/c33-21-11-6-10-20(16-21)25-17-26(24-15-7-9-19-8-4-5-14-23(19)24)35-32-28(25)29(34)30(41-32)31(39)36-27-18-38(37-40-27)22-12-2-1-3-13-22/h1-18H,(H2-,34,36,37,39). The van der Waals surface area contributed by atoms with E-state index in [4.69, 9.17) is 15.2 Å². The summed E-state index contributed by atoms with van der Waals surface area (Å²) in [6.07, 6.45) is 1.52. The van der Waals surface area contributed by atoms with Crippen LogP contribution < -0.4 is 10.4 Å². The Morgan fingerprint density at radius 1 is 0.902 bits per heavy atom. The van der Waals surface area contributed by atoms with Crippen LogP contribution in [0, 0.1) is 5.82 Å². The van der Waals surface area contributed by atoms with Gasteiger partial charge in [-0.05, 0) is 44.8 Å². The first kappa shape index (κ1) is 24.6. The van der Waals surface area contributed by atoms with E-state index in [9.17, 15) is 9.18 Å². The van der Waals surface area contributed by atoms with Crippen LogP contribution in [0.3, 0.4) is 0 Å². The number of nitrogens with zero attached hydrogens (tertiary/aromatic N) is 4. The molecule has 7 nitrogen and oxygen atoms in total. The Hall–Kier alpha value is -5.41. The van der Waals surface area contributed by atoms with Gasteiger partial charge in [0, 0.05) is 23.1 Å². The molecule has 0 saturated carbocycles. The van der Waals surface area contributed by atoms with Crippen LogP contribution in [0.5, 0.6) is 0 Å². The number of pyridine rings is 1. The van der Waals surface area contributed by atoms with Crippen LogP contribution in [-0.4, -0.2) is 16.2 Å². The molecule has 0 aliphatic carbocycles. The van der Waals surface area contributed by atoms with Crippen LogP contribution in [0.15, 0.2) is 114 Å². The third-order valence-corrected chi connectivity index (χ3v) is 7.87. The zero-order valence-corrected chi connectivity index (χ0v) is 22.2. The van der Waals surface area contributed by atoms with Gasteiger partial charge in [0.1, 0.15) is 22.4 Å². The zero-order chi connectivity index (χ0) is 27.9. The normalized spacial score (nSPS) is 11.2. The summed E-state index contributed by atoms with van der Waals surface area (Å²) in [4.78, 5) is 19.0. The van der Waals surface area contributed by atoms with Gasteiger partial charge in [0.05, 0.1) is 16.3 Å². The van der Waals surface area contributed by atoms with Crippen molar-refractivity contribution in [2.45, 2.75) is 0 Å². The number of halogens is 1. The number of hydrogen-bond donors (Lipinski definition) is 1. The molecule has 0 unspecified atom stereocenters. The predicted molar refractivity (Wildman–Crippen MR) is 158 cm³/mol. The summed E-state index contributed by atoms with van der Waals surface area (Å²) in [5, 5.41) is 10.7. The van der Waals surface area contributed by atoms with Gasteiger partial charge in [0.15, 0.2) is 0 Å². The first-order valence-corrected chi connectivity index (χ1v) is 13.5. The Morgan fingerprint density at radius 3 is 2.54 bits per heavy atom. The van der Waals surface area contributed by atoms with Crippen molar-refractivity contribution in [1.82, 2.24) is 10.3 Å². The zero-order valence-electron chi connectivity index (χ0n) is 21.4. The lowest BCUT2D eigenvalue weighted by molar-refractivity contribution is -0.670. The molecular weight excluding hydrogens is 537 g/mol. The minimum absolute atomic E-state index is 0.0328. The molecule has 9 heteroatoms. The number of benzene rings is 4. The first-order chi connectivity index (χ1) is 20.0. The number of fused-ring (bicyclic) bond motifs is 2. The minimum Gasteiger partial charge on any atom is -0.583 e. The van der Waals surface area contributed by atoms with Crippen molar-refractivity contribution in [3.63, 3.8) is 0 Å². The second-order valence-corrected chi connectivity index (χ2v) is 10.4. The fourth-order valence-corrected chi connectivity index (χ4v) is 5.89. The molecule has 0 bridgehead atoms. The number of carbonyl (C=O) groups excluding carboxylic acids is 1. The molecule has 4 aromatic carbocycles. The molecule has 41 heavy (non-hydrogen) atoms. The number of anilines is 1. The summed E-state index contributed by atoms with van der Waals surface area (Å²) in [6.45, 7) is 0. The summed E-state index contributed by atoms with van der Waals surface area (Å²) in [7, 11) is 0. The van der Waals surface area contributed by atoms with Crippen LogP contribution in [-0.2, 0) is 0 Å². The van der Waals surface area contributed by atoms with Crippen LogP contribution in [0.1, 0.15) is 9.67 Å². The van der Waals surface area contributed by atoms with E-state index in [0.717, 1.165) is 33.4 Å². The van der Waals surface area contributed by atoms with E-state index in [1.165, 1.54) is 23.0 Å². The molecule has 0 aliphatic heterocycles. The lowest BCUT2D eigenvalue weighted by Gasteiger charge is -2.12. The number of para-hydroxylation sites is 1. The maximum atomic E-state index is 14.4. The second kappa shape index (κ2) is 9.96. The van der Waals surface area contributed by atoms with Crippen molar-refractivity contribution in [3.05, 3.63) is 125 Å². The predicted octanol–water partition coefficient (Wildman–Crippen LogP) is 7.62. The van der Waals surface area contributed by atoms with E-state index >= 15 is 0 Å². The fraction of sp³-hybridized carbons (Fsp3) is 0.